The molecule has 136 valence electrons. The van der Waals surface area contributed by atoms with E-state index in [1.165, 1.54) is 0 Å². The standard InChI is InChI=1S/C18H25N3O4/c1-11(2)7-14(9-16(22)21-25)17(23)20-15-8-12-5-3-4-6-13(12)10-19-18(15)24/h3-6,10-12,14-15,25H,7-9H2,1-2H3,(H,19,24)(H,20,23)(H,21,22)/t12?,14-,15+/m1/s1. The molecule has 0 aromatic rings. The molecule has 0 radical (unpaired) electrons. The number of hydroxylamine groups is 1. The number of hydrogen-bond donors (Lipinski definition) is 4. The highest BCUT2D eigenvalue weighted by atomic mass is 16.5. The van der Waals surface area contributed by atoms with E-state index in [-0.39, 0.29) is 30.1 Å². The van der Waals surface area contributed by atoms with Crippen LogP contribution in [-0.4, -0.2) is 29.0 Å². The van der Waals surface area contributed by atoms with Crippen molar-refractivity contribution in [3.8, 4) is 0 Å². The Balaban J connectivity index is 2.05. The van der Waals surface area contributed by atoms with Crippen LogP contribution in [0, 0.1) is 17.8 Å². The molecule has 0 bridgehead atoms. The molecule has 7 nitrogen and oxygen atoms in total. The molecule has 0 aromatic heterocycles. The zero-order valence-corrected chi connectivity index (χ0v) is 14.5. The first-order valence-electron chi connectivity index (χ1n) is 8.49. The van der Waals surface area contributed by atoms with Gasteiger partial charge in [0.05, 0.1) is 0 Å². The molecular formula is C18H25N3O4. The summed E-state index contributed by atoms with van der Waals surface area (Å²) >= 11 is 0. The van der Waals surface area contributed by atoms with E-state index in [0.29, 0.717) is 12.8 Å². The zero-order valence-electron chi connectivity index (χ0n) is 14.5. The molecule has 7 heteroatoms. The van der Waals surface area contributed by atoms with Crippen LogP contribution in [0.15, 0.2) is 36.1 Å². The van der Waals surface area contributed by atoms with E-state index >= 15 is 0 Å². The number of amides is 3. The van der Waals surface area contributed by atoms with Crippen LogP contribution < -0.4 is 16.1 Å². The van der Waals surface area contributed by atoms with Crippen molar-refractivity contribution in [1.82, 2.24) is 16.1 Å². The first kappa shape index (κ1) is 18.9. The Kier molecular flexibility index (Phi) is 6.52. The van der Waals surface area contributed by atoms with Crippen LogP contribution in [-0.2, 0) is 14.4 Å². The predicted molar refractivity (Wildman–Crippen MR) is 92.0 cm³/mol. The summed E-state index contributed by atoms with van der Waals surface area (Å²) in [4.78, 5) is 36.4. The largest absolute Gasteiger partial charge is 0.344 e. The van der Waals surface area contributed by atoms with E-state index in [0.717, 1.165) is 5.57 Å². The molecule has 1 unspecified atom stereocenters. The van der Waals surface area contributed by atoms with Crippen molar-refractivity contribution in [2.45, 2.75) is 39.2 Å². The Morgan fingerprint density at radius 3 is 2.80 bits per heavy atom. The van der Waals surface area contributed by atoms with Gasteiger partial charge in [-0.3, -0.25) is 19.6 Å². The first-order valence-corrected chi connectivity index (χ1v) is 8.49. The van der Waals surface area contributed by atoms with Crippen LogP contribution in [0.1, 0.15) is 33.1 Å². The summed E-state index contributed by atoms with van der Waals surface area (Å²) < 4.78 is 0. The third kappa shape index (κ3) is 5.29. The maximum absolute atomic E-state index is 12.6. The zero-order chi connectivity index (χ0) is 18.4. The number of hydrogen-bond acceptors (Lipinski definition) is 4. The lowest BCUT2D eigenvalue weighted by Crippen LogP contribution is -2.48. The molecule has 3 amide bonds. The Morgan fingerprint density at radius 2 is 2.12 bits per heavy atom. The van der Waals surface area contributed by atoms with Crippen molar-refractivity contribution in [3.63, 3.8) is 0 Å². The van der Waals surface area contributed by atoms with Gasteiger partial charge in [0.1, 0.15) is 6.04 Å². The van der Waals surface area contributed by atoms with Gasteiger partial charge in [0.25, 0.3) is 0 Å². The van der Waals surface area contributed by atoms with Gasteiger partial charge >= 0.3 is 0 Å². The Morgan fingerprint density at radius 1 is 1.36 bits per heavy atom. The smallest absolute Gasteiger partial charge is 0.246 e. The van der Waals surface area contributed by atoms with Gasteiger partial charge in [0.2, 0.25) is 17.7 Å². The van der Waals surface area contributed by atoms with Crippen molar-refractivity contribution >= 4 is 17.7 Å². The number of carbonyl (C=O) groups excluding carboxylic acids is 3. The monoisotopic (exact) mass is 347 g/mol. The van der Waals surface area contributed by atoms with Crippen LogP contribution in [0.2, 0.25) is 0 Å². The molecule has 1 heterocycles. The lowest BCUT2D eigenvalue weighted by atomic mass is 9.89. The molecule has 1 aliphatic carbocycles. The van der Waals surface area contributed by atoms with E-state index in [1.54, 1.807) is 11.7 Å². The second-order valence-corrected chi connectivity index (χ2v) is 6.87. The minimum absolute atomic E-state index is 0.0542. The number of allylic oxidation sites excluding steroid dienone is 5. The average Bonchev–Trinajstić information content (AvgIpc) is 2.73. The summed E-state index contributed by atoms with van der Waals surface area (Å²) in [5.74, 6) is -1.58. The number of carbonyl (C=O) groups is 3. The molecular weight excluding hydrogens is 322 g/mol. The minimum Gasteiger partial charge on any atom is -0.344 e. The molecule has 3 atom stereocenters. The van der Waals surface area contributed by atoms with Crippen molar-refractivity contribution in [2.24, 2.45) is 17.8 Å². The van der Waals surface area contributed by atoms with Crippen LogP contribution in [0.5, 0.6) is 0 Å². The molecule has 2 aliphatic rings. The van der Waals surface area contributed by atoms with Crippen molar-refractivity contribution in [2.75, 3.05) is 0 Å². The number of nitrogens with one attached hydrogen (secondary N) is 3. The van der Waals surface area contributed by atoms with Gasteiger partial charge in [0, 0.05) is 24.5 Å². The molecule has 2 rings (SSSR count). The Hall–Kier alpha value is -2.41. The fourth-order valence-corrected chi connectivity index (χ4v) is 3.12. The lowest BCUT2D eigenvalue weighted by molar-refractivity contribution is -0.136. The van der Waals surface area contributed by atoms with Crippen molar-refractivity contribution < 1.29 is 19.6 Å². The SMILES string of the molecule is CC(C)C[C@H](CC(=O)NO)C(=O)N[C@H]1CC2C=CC=CC2=CNC1=O. The third-order valence-electron chi connectivity index (χ3n) is 4.36. The van der Waals surface area contributed by atoms with Crippen LogP contribution in [0.4, 0.5) is 0 Å². The molecule has 1 aliphatic heterocycles. The predicted octanol–water partition coefficient (Wildman–Crippen LogP) is 1.18. The van der Waals surface area contributed by atoms with Gasteiger partial charge in [-0.15, -0.1) is 0 Å². The van der Waals surface area contributed by atoms with E-state index in [4.69, 9.17) is 5.21 Å². The van der Waals surface area contributed by atoms with Gasteiger partial charge in [-0.2, -0.15) is 0 Å². The highest BCUT2D eigenvalue weighted by Crippen LogP contribution is 2.25. The van der Waals surface area contributed by atoms with Crippen LogP contribution in [0.3, 0.4) is 0 Å². The molecule has 25 heavy (non-hydrogen) atoms. The van der Waals surface area contributed by atoms with E-state index in [1.807, 2.05) is 38.2 Å². The molecule has 0 saturated carbocycles. The second-order valence-electron chi connectivity index (χ2n) is 6.87. The lowest BCUT2D eigenvalue weighted by Gasteiger charge is -2.23. The van der Waals surface area contributed by atoms with E-state index < -0.39 is 17.9 Å². The normalized spacial score (nSPS) is 23.2. The van der Waals surface area contributed by atoms with Gasteiger partial charge in [0.15, 0.2) is 0 Å². The molecule has 0 spiro atoms. The Labute approximate surface area is 147 Å². The fraction of sp³-hybridized carbons (Fsp3) is 0.500. The highest BCUT2D eigenvalue weighted by molar-refractivity contribution is 5.91. The van der Waals surface area contributed by atoms with Crippen molar-refractivity contribution in [1.29, 1.82) is 0 Å². The van der Waals surface area contributed by atoms with Gasteiger partial charge in [-0.05, 0) is 24.3 Å². The maximum Gasteiger partial charge on any atom is 0.246 e. The van der Waals surface area contributed by atoms with Crippen LogP contribution >= 0.6 is 0 Å². The molecule has 0 saturated heterocycles. The summed E-state index contributed by atoms with van der Waals surface area (Å²) in [7, 11) is 0. The van der Waals surface area contributed by atoms with E-state index in [9.17, 15) is 14.4 Å². The maximum atomic E-state index is 12.6. The Bertz CT molecular complexity index is 622. The minimum atomic E-state index is -0.672. The molecule has 0 fully saturated rings. The fourth-order valence-electron chi connectivity index (χ4n) is 3.12. The van der Waals surface area contributed by atoms with Crippen molar-refractivity contribution in [3.05, 3.63) is 36.1 Å². The third-order valence-corrected chi connectivity index (χ3v) is 4.36. The highest BCUT2D eigenvalue weighted by Gasteiger charge is 2.31. The number of rotatable bonds is 6. The summed E-state index contributed by atoms with van der Waals surface area (Å²) in [5.41, 5.74) is 2.55. The van der Waals surface area contributed by atoms with Gasteiger partial charge < -0.3 is 10.6 Å². The van der Waals surface area contributed by atoms with Crippen LogP contribution in [0.25, 0.3) is 0 Å². The van der Waals surface area contributed by atoms with E-state index in [2.05, 4.69) is 10.6 Å². The second kappa shape index (κ2) is 8.62. The number of fused-ring (bicyclic) bond motifs is 1. The quantitative estimate of drug-likeness (QED) is 0.427. The summed E-state index contributed by atoms with van der Waals surface area (Å²) in [5, 5.41) is 14.2. The van der Waals surface area contributed by atoms with Gasteiger partial charge in [-0.1, -0.05) is 38.2 Å². The summed E-state index contributed by atoms with van der Waals surface area (Å²) in [6, 6.07) is -0.672. The molecule has 0 aromatic carbocycles. The average molecular weight is 347 g/mol. The summed E-state index contributed by atoms with van der Waals surface area (Å²) in [6.45, 7) is 3.90. The summed E-state index contributed by atoms with van der Waals surface area (Å²) in [6.07, 6.45) is 10.3. The first-order chi connectivity index (χ1) is 11.9. The topological polar surface area (TPSA) is 108 Å². The van der Waals surface area contributed by atoms with Gasteiger partial charge in [-0.25, -0.2) is 5.48 Å². The molecule has 4 N–H and O–H groups in total.